The first-order chi connectivity index (χ1) is 20.3. The van der Waals surface area contributed by atoms with E-state index in [0.29, 0.717) is 17.9 Å². The summed E-state index contributed by atoms with van der Waals surface area (Å²) in [5.74, 6) is 2.53. The zero-order valence-corrected chi connectivity index (χ0v) is 23.8. The molecule has 4 aromatic rings. The second-order valence-electron chi connectivity index (χ2n) is 11.7. The molecule has 2 aliphatic heterocycles. The number of nitrogens with zero attached hydrogens (tertiary/aromatic N) is 7. The molecule has 9 nitrogen and oxygen atoms in total. The average molecular weight is 553 g/mol. The van der Waals surface area contributed by atoms with Gasteiger partial charge in [-0.05, 0) is 43.4 Å². The van der Waals surface area contributed by atoms with Crippen LogP contribution in [-0.2, 0) is 11.3 Å². The number of benzene rings is 1. The Morgan fingerprint density at radius 2 is 1.63 bits per heavy atom. The molecule has 0 atom stereocenters. The third kappa shape index (κ3) is 5.92. The van der Waals surface area contributed by atoms with E-state index in [9.17, 15) is 0 Å². The number of morpholine rings is 1. The zero-order valence-electron chi connectivity index (χ0n) is 23.8. The van der Waals surface area contributed by atoms with Crippen LogP contribution in [0.25, 0.3) is 22.6 Å². The molecule has 1 N–H and O–H groups in total. The van der Waals surface area contributed by atoms with Gasteiger partial charge in [-0.25, -0.2) is 19.9 Å². The molecule has 41 heavy (non-hydrogen) atoms. The van der Waals surface area contributed by atoms with Crippen LogP contribution in [0.3, 0.4) is 0 Å². The summed E-state index contributed by atoms with van der Waals surface area (Å²) in [6.45, 7) is 6.37. The third-order valence-electron chi connectivity index (χ3n) is 8.91. The van der Waals surface area contributed by atoms with E-state index in [4.69, 9.17) is 24.7 Å². The van der Waals surface area contributed by atoms with E-state index in [1.807, 2.05) is 12.5 Å². The van der Waals surface area contributed by atoms with E-state index in [-0.39, 0.29) is 0 Å². The lowest BCUT2D eigenvalue weighted by Crippen LogP contribution is -2.38. The molecule has 3 aromatic heterocycles. The Morgan fingerprint density at radius 3 is 2.39 bits per heavy atom. The van der Waals surface area contributed by atoms with Crippen molar-refractivity contribution in [1.82, 2.24) is 29.4 Å². The summed E-state index contributed by atoms with van der Waals surface area (Å²) < 4.78 is 7.82. The van der Waals surface area contributed by atoms with Gasteiger partial charge in [-0.3, -0.25) is 4.90 Å². The van der Waals surface area contributed by atoms with Gasteiger partial charge in [0.25, 0.3) is 0 Å². The Kier molecular flexibility index (Phi) is 7.79. The first-order valence-electron chi connectivity index (χ1n) is 15.4. The molecule has 5 heterocycles. The normalized spacial score (nSPS) is 19.6. The van der Waals surface area contributed by atoms with Crippen LogP contribution in [-0.4, -0.2) is 74.8 Å². The van der Waals surface area contributed by atoms with Crippen molar-refractivity contribution in [3.05, 3.63) is 60.6 Å². The van der Waals surface area contributed by atoms with Crippen molar-refractivity contribution in [3.8, 4) is 11.4 Å². The summed E-state index contributed by atoms with van der Waals surface area (Å²) in [6, 6.07) is 15.8. The maximum atomic E-state index is 5.51. The molecule has 0 radical (unpaired) electrons. The highest BCUT2D eigenvalue weighted by Crippen LogP contribution is 2.33. The number of imidazole rings is 1. The second kappa shape index (κ2) is 12.1. The molecule has 0 spiro atoms. The molecule has 3 fully saturated rings. The van der Waals surface area contributed by atoms with Crippen molar-refractivity contribution in [2.24, 2.45) is 0 Å². The Bertz CT molecular complexity index is 1420. The second-order valence-corrected chi connectivity index (χ2v) is 11.7. The molecular weight excluding hydrogens is 512 g/mol. The first kappa shape index (κ1) is 26.3. The van der Waals surface area contributed by atoms with E-state index < -0.39 is 0 Å². The summed E-state index contributed by atoms with van der Waals surface area (Å²) in [7, 11) is 0. The van der Waals surface area contributed by atoms with Gasteiger partial charge in [0, 0.05) is 56.6 Å². The minimum Gasteiger partial charge on any atom is -0.378 e. The lowest BCUT2D eigenvalue weighted by molar-refractivity contribution is 0.122. The molecule has 1 saturated carbocycles. The summed E-state index contributed by atoms with van der Waals surface area (Å²) >= 11 is 0. The molecule has 1 aromatic carbocycles. The molecule has 0 bridgehead atoms. The number of anilines is 2. The summed E-state index contributed by atoms with van der Waals surface area (Å²) in [4.78, 5) is 24.7. The number of pyridine rings is 1. The number of rotatable bonds is 7. The number of piperidine rings is 1. The van der Waals surface area contributed by atoms with Crippen LogP contribution >= 0.6 is 0 Å². The van der Waals surface area contributed by atoms with Gasteiger partial charge in [-0.15, -0.1) is 0 Å². The summed E-state index contributed by atoms with van der Waals surface area (Å²) in [6.07, 6.45) is 12.3. The molecule has 2 saturated heterocycles. The lowest BCUT2D eigenvalue weighted by Gasteiger charge is -2.32. The largest absolute Gasteiger partial charge is 0.378 e. The monoisotopic (exact) mass is 552 g/mol. The Morgan fingerprint density at radius 1 is 0.829 bits per heavy atom. The standard InChI is InChI=1S/C32H40N8O/c1-3-7-24(8-4-1)22-38-15-13-26(14-16-38)35-31-29-32(40(23-34-29)27-9-5-2-6-10-27)37-30(36-31)25-11-12-28(33-21-25)39-17-19-41-20-18-39/h1,3-4,7-8,11-12,21,23,26-27H,2,5-6,9-10,13-20,22H2,(H,35,36,37). The van der Waals surface area contributed by atoms with Gasteiger partial charge >= 0.3 is 0 Å². The van der Waals surface area contributed by atoms with Crippen molar-refractivity contribution >= 4 is 22.8 Å². The Balaban J connectivity index is 1.14. The topological polar surface area (TPSA) is 84.2 Å². The quantitative estimate of drug-likeness (QED) is 0.330. The predicted octanol–water partition coefficient (Wildman–Crippen LogP) is 5.31. The predicted molar refractivity (Wildman–Crippen MR) is 162 cm³/mol. The maximum absolute atomic E-state index is 5.51. The Labute approximate surface area is 242 Å². The van der Waals surface area contributed by atoms with E-state index in [1.165, 1.54) is 37.7 Å². The number of hydrogen-bond acceptors (Lipinski definition) is 8. The third-order valence-corrected chi connectivity index (χ3v) is 8.91. The van der Waals surface area contributed by atoms with Gasteiger partial charge < -0.3 is 19.5 Å². The van der Waals surface area contributed by atoms with Crippen LogP contribution in [0.15, 0.2) is 55.0 Å². The van der Waals surface area contributed by atoms with Gasteiger partial charge in [-0.1, -0.05) is 49.6 Å². The molecule has 3 aliphatic rings. The van der Waals surface area contributed by atoms with Crippen molar-refractivity contribution < 1.29 is 4.74 Å². The average Bonchev–Trinajstić information content (AvgIpc) is 3.48. The number of likely N-dealkylation sites (tertiary alicyclic amines) is 1. The van der Waals surface area contributed by atoms with Crippen molar-refractivity contribution in [1.29, 1.82) is 0 Å². The van der Waals surface area contributed by atoms with Crippen LogP contribution in [0.1, 0.15) is 56.6 Å². The SMILES string of the molecule is c1ccc(CN2CCC(Nc3nc(-c4ccc(N5CCOCC5)nc4)nc4c3ncn4C3CCCCC3)CC2)cc1. The summed E-state index contributed by atoms with van der Waals surface area (Å²) in [5.41, 5.74) is 4.12. The molecule has 214 valence electrons. The molecule has 9 heteroatoms. The fourth-order valence-electron chi connectivity index (χ4n) is 6.54. The van der Waals surface area contributed by atoms with Crippen LogP contribution < -0.4 is 10.2 Å². The van der Waals surface area contributed by atoms with E-state index in [1.54, 1.807) is 0 Å². The van der Waals surface area contributed by atoms with Gasteiger partial charge in [0.1, 0.15) is 11.3 Å². The highest BCUT2D eigenvalue weighted by atomic mass is 16.5. The van der Waals surface area contributed by atoms with Gasteiger partial charge in [0.15, 0.2) is 17.3 Å². The minimum absolute atomic E-state index is 0.356. The number of nitrogens with one attached hydrogen (secondary N) is 1. The van der Waals surface area contributed by atoms with Crippen LogP contribution in [0.5, 0.6) is 0 Å². The maximum Gasteiger partial charge on any atom is 0.166 e. The smallest absolute Gasteiger partial charge is 0.166 e. The minimum atomic E-state index is 0.356. The van der Waals surface area contributed by atoms with E-state index in [2.05, 4.69) is 62.1 Å². The first-order valence-corrected chi connectivity index (χ1v) is 15.4. The van der Waals surface area contributed by atoms with Crippen LogP contribution in [0, 0.1) is 0 Å². The van der Waals surface area contributed by atoms with Crippen LogP contribution in [0.2, 0.25) is 0 Å². The zero-order chi connectivity index (χ0) is 27.4. The number of aromatic nitrogens is 5. The fraction of sp³-hybridized carbons (Fsp3) is 0.500. The molecule has 7 rings (SSSR count). The Hall–Kier alpha value is -3.56. The fourth-order valence-corrected chi connectivity index (χ4v) is 6.54. The highest BCUT2D eigenvalue weighted by molar-refractivity contribution is 5.85. The van der Waals surface area contributed by atoms with Gasteiger partial charge in [-0.2, -0.15) is 0 Å². The van der Waals surface area contributed by atoms with E-state index in [0.717, 1.165) is 87.1 Å². The number of ether oxygens (including phenoxy) is 1. The van der Waals surface area contributed by atoms with E-state index >= 15 is 0 Å². The van der Waals surface area contributed by atoms with Crippen molar-refractivity contribution in [2.75, 3.05) is 49.6 Å². The highest BCUT2D eigenvalue weighted by Gasteiger charge is 2.25. The molecule has 0 amide bonds. The molecular formula is C32H40N8O. The van der Waals surface area contributed by atoms with Crippen LogP contribution in [0.4, 0.5) is 11.6 Å². The van der Waals surface area contributed by atoms with Crippen molar-refractivity contribution in [2.45, 2.75) is 63.6 Å². The number of hydrogen-bond donors (Lipinski definition) is 1. The van der Waals surface area contributed by atoms with Gasteiger partial charge in [0.2, 0.25) is 0 Å². The number of fused-ring (bicyclic) bond motifs is 1. The molecule has 0 unspecified atom stereocenters. The van der Waals surface area contributed by atoms with Crippen molar-refractivity contribution in [3.63, 3.8) is 0 Å². The molecule has 1 aliphatic carbocycles. The van der Waals surface area contributed by atoms with Gasteiger partial charge in [0.05, 0.1) is 19.5 Å². The lowest BCUT2D eigenvalue weighted by atomic mass is 9.95. The summed E-state index contributed by atoms with van der Waals surface area (Å²) in [5, 5.41) is 3.80.